The molecule has 1 heterocycles. The third-order valence-electron chi connectivity index (χ3n) is 3.04. The van der Waals surface area contributed by atoms with E-state index in [1.165, 1.54) is 16.9 Å². The van der Waals surface area contributed by atoms with Gasteiger partial charge in [0.1, 0.15) is 0 Å². The highest BCUT2D eigenvalue weighted by Crippen LogP contribution is 2.20. The third-order valence-corrected chi connectivity index (χ3v) is 3.82. The van der Waals surface area contributed by atoms with Crippen LogP contribution < -0.4 is 16.4 Å². The van der Waals surface area contributed by atoms with Crippen molar-refractivity contribution in [1.29, 1.82) is 0 Å². The lowest BCUT2D eigenvalue weighted by atomic mass is 10.0. The molecule has 0 saturated heterocycles. The minimum absolute atomic E-state index is 0.136. The Hall–Kier alpha value is -1.92. The molecule has 2 amide bonds. The van der Waals surface area contributed by atoms with Crippen molar-refractivity contribution in [2.24, 2.45) is 5.73 Å². The number of hydrogen-bond donors (Lipinski definition) is 3. The van der Waals surface area contributed by atoms with E-state index >= 15 is 0 Å². The second kappa shape index (κ2) is 6.69. The second-order valence-corrected chi connectivity index (χ2v) is 6.08. The van der Waals surface area contributed by atoms with Crippen LogP contribution in [0, 0.1) is 0 Å². The van der Waals surface area contributed by atoms with E-state index in [2.05, 4.69) is 29.5 Å². The van der Waals surface area contributed by atoms with E-state index in [1.807, 2.05) is 36.6 Å². The molecule has 2 aromatic rings. The lowest BCUT2D eigenvalue weighted by Crippen LogP contribution is -2.19. The molecule has 6 heteroatoms. The monoisotopic (exact) mass is 304 g/mol. The molecular weight excluding hydrogens is 284 g/mol. The van der Waals surface area contributed by atoms with Gasteiger partial charge in [0.25, 0.3) is 0 Å². The molecule has 0 aliphatic carbocycles. The molecule has 2 rings (SSSR count). The maximum Gasteiger partial charge on any atom is 0.325 e. The van der Waals surface area contributed by atoms with Crippen LogP contribution in [-0.4, -0.2) is 11.0 Å². The second-order valence-electron chi connectivity index (χ2n) is 5.22. The Morgan fingerprint density at radius 1 is 1.19 bits per heavy atom. The van der Waals surface area contributed by atoms with Crippen LogP contribution in [0.1, 0.15) is 44.0 Å². The van der Waals surface area contributed by atoms with Gasteiger partial charge in [-0.1, -0.05) is 26.0 Å². The summed E-state index contributed by atoms with van der Waals surface area (Å²) in [5, 5.41) is 7.87. The quantitative estimate of drug-likeness (QED) is 0.800. The molecule has 5 nitrogen and oxygen atoms in total. The lowest BCUT2D eigenvalue weighted by Gasteiger charge is -2.08. The fraction of sp³-hybridized carbons (Fsp3) is 0.333. The number of carbonyl (C=O) groups excluding carboxylic acids is 1. The van der Waals surface area contributed by atoms with Crippen LogP contribution >= 0.6 is 11.3 Å². The van der Waals surface area contributed by atoms with Crippen LogP contribution in [-0.2, 0) is 0 Å². The van der Waals surface area contributed by atoms with Gasteiger partial charge in [-0.3, -0.25) is 5.32 Å². The van der Waals surface area contributed by atoms with Gasteiger partial charge in [0.2, 0.25) is 0 Å². The minimum atomic E-state index is -0.308. The zero-order valence-corrected chi connectivity index (χ0v) is 13.2. The van der Waals surface area contributed by atoms with Gasteiger partial charge in [0.15, 0.2) is 5.13 Å². The molecular formula is C15H20N4OS. The van der Waals surface area contributed by atoms with E-state index in [-0.39, 0.29) is 12.1 Å². The Bertz CT molecular complexity index is 604. The first-order chi connectivity index (χ1) is 9.95. The number of rotatable bonds is 4. The zero-order chi connectivity index (χ0) is 15.4. The first-order valence-corrected chi connectivity index (χ1v) is 7.72. The number of amides is 2. The molecule has 0 aliphatic heterocycles. The number of thiazole rings is 1. The molecule has 0 bridgehead atoms. The predicted octanol–water partition coefficient (Wildman–Crippen LogP) is 3.93. The Balaban J connectivity index is 1.94. The summed E-state index contributed by atoms with van der Waals surface area (Å²) in [6.07, 6.45) is 0. The Morgan fingerprint density at radius 2 is 1.86 bits per heavy atom. The normalized spacial score (nSPS) is 12.2. The van der Waals surface area contributed by atoms with Crippen molar-refractivity contribution in [3.05, 3.63) is 40.9 Å². The van der Waals surface area contributed by atoms with E-state index in [9.17, 15) is 4.79 Å². The molecule has 1 unspecified atom stereocenters. The average Bonchev–Trinajstić information content (AvgIpc) is 2.87. The van der Waals surface area contributed by atoms with Crippen LogP contribution in [0.2, 0.25) is 0 Å². The summed E-state index contributed by atoms with van der Waals surface area (Å²) in [7, 11) is 0. The molecule has 0 aliphatic rings. The van der Waals surface area contributed by atoms with Gasteiger partial charge in [-0.05, 0) is 30.5 Å². The standard InChI is InChI=1S/C15H20N4OS/c1-9(2)11-4-6-12(7-5-11)17-14(20)19-15-18-13(8-21-15)10(3)16/h4-10H,16H2,1-3H3,(H2,17,18,19,20). The summed E-state index contributed by atoms with van der Waals surface area (Å²) in [6, 6.07) is 7.37. The van der Waals surface area contributed by atoms with Crippen molar-refractivity contribution >= 4 is 28.2 Å². The van der Waals surface area contributed by atoms with Crippen LogP contribution in [0.15, 0.2) is 29.6 Å². The van der Waals surface area contributed by atoms with Crippen molar-refractivity contribution < 1.29 is 4.79 Å². The number of carbonyl (C=O) groups is 1. The molecule has 0 saturated carbocycles. The fourth-order valence-electron chi connectivity index (χ4n) is 1.76. The minimum Gasteiger partial charge on any atom is -0.323 e. The Kier molecular flexibility index (Phi) is 4.93. The molecule has 1 atom stereocenters. The number of hydrogen-bond acceptors (Lipinski definition) is 4. The Labute approximate surface area is 128 Å². The van der Waals surface area contributed by atoms with Crippen molar-refractivity contribution in [1.82, 2.24) is 4.98 Å². The Morgan fingerprint density at radius 3 is 2.38 bits per heavy atom. The number of urea groups is 1. The molecule has 1 aromatic heterocycles. The smallest absolute Gasteiger partial charge is 0.323 e. The highest BCUT2D eigenvalue weighted by Gasteiger charge is 2.09. The highest BCUT2D eigenvalue weighted by atomic mass is 32.1. The largest absolute Gasteiger partial charge is 0.325 e. The number of aromatic nitrogens is 1. The lowest BCUT2D eigenvalue weighted by molar-refractivity contribution is 0.262. The molecule has 21 heavy (non-hydrogen) atoms. The van der Waals surface area contributed by atoms with E-state index in [1.54, 1.807) is 0 Å². The molecule has 0 fully saturated rings. The van der Waals surface area contributed by atoms with Crippen LogP contribution in [0.3, 0.4) is 0 Å². The van der Waals surface area contributed by atoms with E-state index in [0.717, 1.165) is 11.4 Å². The summed E-state index contributed by atoms with van der Waals surface area (Å²) in [6.45, 7) is 6.12. The van der Waals surface area contributed by atoms with Gasteiger partial charge in [0.05, 0.1) is 5.69 Å². The molecule has 0 radical (unpaired) electrons. The van der Waals surface area contributed by atoms with Crippen LogP contribution in [0.25, 0.3) is 0 Å². The van der Waals surface area contributed by atoms with E-state index < -0.39 is 0 Å². The van der Waals surface area contributed by atoms with E-state index in [4.69, 9.17) is 5.73 Å². The number of nitrogens with zero attached hydrogens (tertiary/aromatic N) is 1. The van der Waals surface area contributed by atoms with Gasteiger partial charge in [-0.25, -0.2) is 9.78 Å². The first kappa shape index (κ1) is 15.5. The number of anilines is 2. The summed E-state index contributed by atoms with van der Waals surface area (Å²) in [5.74, 6) is 0.472. The molecule has 1 aromatic carbocycles. The van der Waals surface area contributed by atoms with Gasteiger partial charge in [0, 0.05) is 17.1 Å². The number of nitrogens with two attached hydrogens (primary N) is 1. The van der Waals surface area contributed by atoms with Crippen molar-refractivity contribution in [2.45, 2.75) is 32.7 Å². The molecule has 112 valence electrons. The molecule has 0 spiro atoms. The van der Waals surface area contributed by atoms with Crippen LogP contribution in [0.4, 0.5) is 15.6 Å². The van der Waals surface area contributed by atoms with E-state index in [0.29, 0.717) is 11.0 Å². The third kappa shape index (κ3) is 4.27. The topological polar surface area (TPSA) is 80.0 Å². The average molecular weight is 304 g/mol. The number of nitrogens with one attached hydrogen (secondary N) is 2. The maximum atomic E-state index is 11.9. The zero-order valence-electron chi connectivity index (χ0n) is 12.4. The van der Waals surface area contributed by atoms with Gasteiger partial charge in [-0.15, -0.1) is 11.3 Å². The number of benzene rings is 1. The van der Waals surface area contributed by atoms with Crippen molar-refractivity contribution in [3.63, 3.8) is 0 Å². The summed E-state index contributed by atoms with van der Waals surface area (Å²) in [5.41, 5.74) is 8.50. The predicted molar refractivity (Wildman–Crippen MR) is 87.9 cm³/mol. The maximum absolute atomic E-state index is 11.9. The fourth-order valence-corrected chi connectivity index (χ4v) is 2.57. The highest BCUT2D eigenvalue weighted by molar-refractivity contribution is 7.13. The summed E-state index contributed by atoms with van der Waals surface area (Å²) in [4.78, 5) is 16.1. The van der Waals surface area contributed by atoms with Crippen LogP contribution in [0.5, 0.6) is 0 Å². The SMILES string of the molecule is CC(C)c1ccc(NC(=O)Nc2nc(C(C)N)cs2)cc1. The summed E-state index contributed by atoms with van der Waals surface area (Å²) >= 11 is 1.36. The van der Waals surface area contributed by atoms with Crippen molar-refractivity contribution in [3.8, 4) is 0 Å². The van der Waals surface area contributed by atoms with Gasteiger partial charge >= 0.3 is 6.03 Å². The van der Waals surface area contributed by atoms with Gasteiger partial charge < -0.3 is 11.1 Å². The van der Waals surface area contributed by atoms with Crippen molar-refractivity contribution in [2.75, 3.05) is 10.6 Å². The summed E-state index contributed by atoms with van der Waals surface area (Å²) < 4.78 is 0. The van der Waals surface area contributed by atoms with Gasteiger partial charge in [-0.2, -0.15) is 0 Å². The molecule has 4 N–H and O–H groups in total. The first-order valence-electron chi connectivity index (χ1n) is 6.84.